The number of benzene rings is 1. The van der Waals surface area contributed by atoms with Gasteiger partial charge in [-0.3, -0.25) is 0 Å². The molecule has 1 aromatic carbocycles. The van der Waals surface area contributed by atoms with Crippen molar-refractivity contribution in [2.45, 2.75) is 84.3 Å². The molecule has 1 rings (SSSR count). The molecule has 1 atom stereocenters. The third-order valence-electron chi connectivity index (χ3n) is 4.02. The zero-order valence-electron chi connectivity index (χ0n) is 16.5. The Hall–Kier alpha value is -2.04. The number of alkyl carbamates (subject to hydrolysis) is 1. The quantitative estimate of drug-likeness (QED) is 0.590. The third kappa shape index (κ3) is 9.44. The van der Waals surface area contributed by atoms with Crippen molar-refractivity contribution in [1.29, 1.82) is 0 Å². The second-order valence-electron chi connectivity index (χ2n) is 7.72. The van der Waals surface area contributed by atoms with E-state index in [9.17, 15) is 14.7 Å². The monoisotopic (exact) mass is 363 g/mol. The maximum Gasteiger partial charge on any atom is 0.408 e. The third-order valence-corrected chi connectivity index (χ3v) is 4.02. The summed E-state index contributed by atoms with van der Waals surface area (Å²) in [4.78, 5) is 23.2. The van der Waals surface area contributed by atoms with Gasteiger partial charge in [-0.1, -0.05) is 56.9 Å². The van der Waals surface area contributed by atoms with Crippen molar-refractivity contribution in [2.24, 2.45) is 0 Å². The number of ether oxygens (including phenoxy) is 1. The van der Waals surface area contributed by atoms with E-state index < -0.39 is 23.7 Å². The lowest BCUT2D eigenvalue weighted by Crippen LogP contribution is -2.44. The van der Waals surface area contributed by atoms with Crippen LogP contribution in [0.5, 0.6) is 0 Å². The molecule has 1 unspecified atom stereocenters. The van der Waals surface area contributed by atoms with Gasteiger partial charge in [0, 0.05) is 6.42 Å². The standard InChI is InChI=1S/C21H33NO4/c1-5-6-7-8-9-10-16-11-13-17(14-12-16)15-18(19(23)24)22-20(25)26-21(2,3)4/h11-14,18H,5-10,15H2,1-4H3,(H,22,25)(H,23,24). The summed E-state index contributed by atoms with van der Waals surface area (Å²) < 4.78 is 5.13. The fourth-order valence-corrected chi connectivity index (χ4v) is 2.66. The van der Waals surface area contributed by atoms with Crippen LogP contribution in [0.3, 0.4) is 0 Å². The van der Waals surface area contributed by atoms with Gasteiger partial charge in [0.2, 0.25) is 0 Å². The lowest BCUT2D eigenvalue weighted by Gasteiger charge is -2.22. The smallest absolute Gasteiger partial charge is 0.408 e. The number of carboxylic acids is 1. The van der Waals surface area contributed by atoms with Gasteiger partial charge in [-0.05, 0) is 44.7 Å². The molecule has 0 saturated heterocycles. The van der Waals surface area contributed by atoms with Crippen molar-refractivity contribution in [1.82, 2.24) is 5.32 Å². The molecule has 0 heterocycles. The van der Waals surface area contributed by atoms with Gasteiger partial charge < -0.3 is 15.2 Å². The normalized spacial score (nSPS) is 12.5. The van der Waals surface area contributed by atoms with E-state index in [0.29, 0.717) is 0 Å². The fourth-order valence-electron chi connectivity index (χ4n) is 2.66. The molecule has 0 bridgehead atoms. The van der Waals surface area contributed by atoms with Crippen LogP contribution in [-0.4, -0.2) is 28.8 Å². The van der Waals surface area contributed by atoms with Crippen molar-refractivity contribution in [3.63, 3.8) is 0 Å². The highest BCUT2D eigenvalue weighted by atomic mass is 16.6. The molecule has 1 amide bonds. The van der Waals surface area contributed by atoms with E-state index in [2.05, 4.69) is 12.2 Å². The molecule has 5 nitrogen and oxygen atoms in total. The van der Waals surface area contributed by atoms with Gasteiger partial charge in [0.15, 0.2) is 0 Å². The van der Waals surface area contributed by atoms with Crippen molar-refractivity contribution < 1.29 is 19.4 Å². The molecule has 0 aliphatic carbocycles. The van der Waals surface area contributed by atoms with Crippen LogP contribution < -0.4 is 5.32 Å². The summed E-state index contributed by atoms with van der Waals surface area (Å²) in [6, 6.07) is 6.95. The minimum Gasteiger partial charge on any atom is -0.480 e. The molecule has 0 radical (unpaired) electrons. The summed E-state index contributed by atoms with van der Waals surface area (Å²) in [6.45, 7) is 7.43. The Morgan fingerprint density at radius 2 is 1.62 bits per heavy atom. The Balaban J connectivity index is 2.53. The van der Waals surface area contributed by atoms with Crippen LogP contribution in [0.4, 0.5) is 4.79 Å². The van der Waals surface area contributed by atoms with Gasteiger partial charge in [-0.25, -0.2) is 9.59 Å². The molecule has 0 spiro atoms. The molecule has 0 saturated carbocycles. The Morgan fingerprint density at radius 1 is 1.04 bits per heavy atom. The summed E-state index contributed by atoms with van der Waals surface area (Å²) in [6.07, 6.45) is 6.80. The lowest BCUT2D eigenvalue weighted by molar-refractivity contribution is -0.139. The van der Waals surface area contributed by atoms with Crippen LogP contribution in [0.25, 0.3) is 0 Å². The average Bonchev–Trinajstić information content (AvgIpc) is 2.53. The predicted molar refractivity (Wildman–Crippen MR) is 103 cm³/mol. The van der Waals surface area contributed by atoms with E-state index in [-0.39, 0.29) is 6.42 Å². The Bertz CT molecular complexity index is 560. The van der Waals surface area contributed by atoms with Gasteiger partial charge >= 0.3 is 12.1 Å². The Morgan fingerprint density at radius 3 is 2.15 bits per heavy atom. The highest BCUT2D eigenvalue weighted by Gasteiger charge is 2.24. The minimum absolute atomic E-state index is 0.228. The van der Waals surface area contributed by atoms with Crippen LogP contribution in [0.15, 0.2) is 24.3 Å². The predicted octanol–water partition coefficient (Wildman–Crippen LogP) is 4.72. The van der Waals surface area contributed by atoms with Gasteiger partial charge in [-0.2, -0.15) is 0 Å². The molecule has 26 heavy (non-hydrogen) atoms. The van der Waals surface area contributed by atoms with E-state index in [0.717, 1.165) is 12.0 Å². The number of rotatable bonds is 10. The summed E-state index contributed by atoms with van der Waals surface area (Å²) in [7, 11) is 0. The summed E-state index contributed by atoms with van der Waals surface area (Å²) >= 11 is 0. The molecule has 0 aromatic heterocycles. The fraction of sp³-hybridized carbons (Fsp3) is 0.619. The molecular weight excluding hydrogens is 330 g/mol. The van der Waals surface area contributed by atoms with Crippen LogP contribution in [0.1, 0.15) is 70.9 Å². The SMILES string of the molecule is CCCCCCCc1ccc(CC(NC(=O)OC(C)(C)C)C(=O)O)cc1. The highest BCUT2D eigenvalue weighted by molar-refractivity contribution is 5.80. The van der Waals surface area contributed by atoms with Crippen molar-refractivity contribution in [2.75, 3.05) is 0 Å². The van der Waals surface area contributed by atoms with Crippen molar-refractivity contribution in [3.05, 3.63) is 35.4 Å². The number of aliphatic carboxylic acids is 1. The largest absolute Gasteiger partial charge is 0.480 e. The first-order valence-electron chi connectivity index (χ1n) is 9.51. The average molecular weight is 363 g/mol. The zero-order chi connectivity index (χ0) is 19.6. The number of aryl methyl sites for hydroxylation is 1. The number of amides is 1. The number of hydrogen-bond donors (Lipinski definition) is 2. The van der Waals surface area contributed by atoms with Crippen molar-refractivity contribution in [3.8, 4) is 0 Å². The van der Waals surface area contributed by atoms with E-state index in [4.69, 9.17) is 4.74 Å². The maximum absolute atomic E-state index is 11.8. The van der Waals surface area contributed by atoms with E-state index in [1.165, 1.54) is 37.7 Å². The second kappa shape index (κ2) is 10.8. The van der Waals surface area contributed by atoms with Crippen LogP contribution >= 0.6 is 0 Å². The topological polar surface area (TPSA) is 75.6 Å². The summed E-state index contributed by atoms with van der Waals surface area (Å²) in [5, 5.41) is 11.8. The number of carbonyl (C=O) groups excluding carboxylic acids is 1. The van der Waals surface area contributed by atoms with E-state index in [1.807, 2.05) is 24.3 Å². The number of carboxylic acid groups (broad SMARTS) is 1. The zero-order valence-corrected chi connectivity index (χ0v) is 16.5. The number of nitrogens with one attached hydrogen (secondary N) is 1. The van der Waals surface area contributed by atoms with Gasteiger partial charge in [0.25, 0.3) is 0 Å². The lowest BCUT2D eigenvalue weighted by atomic mass is 10.0. The first-order valence-corrected chi connectivity index (χ1v) is 9.51. The molecule has 146 valence electrons. The maximum atomic E-state index is 11.8. The Kier molecular flexibility index (Phi) is 9.17. The Labute approximate surface area is 157 Å². The van der Waals surface area contributed by atoms with Gasteiger partial charge in [-0.15, -0.1) is 0 Å². The first kappa shape index (κ1) is 22.0. The number of carbonyl (C=O) groups is 2. The van der Waals surface area contributed by atoms with E-state index in [1.54, 1.807) is 20.8 Å². The van der Waals surface area contributed by atoms with Gasteiger partial charge in [0.05, 0.1) is 0 Å². The molecule has 0 aliphatic heterocycles. The number of hydrogen-bond acceptors (Lipinski definition) is 3. The van der Waals surface area contributed by atoms with E-state index >= 15 is 0 Å². The summed E-state index contributed by atoms with van der Waals surface area (Å²) in [5.74, 6) is -1.07. The minimum atomic E-state index is -1.07. The van der Waals surface area contributed by atoms with Crippen LogP contribution in [-0.2, 0) is 22.4 Å². The second-order valence-corrected chi connectivity index (χ2v) is 7.72. The summed E-state index contributed by atoms with van der Waals surface area (Å²) in [5.41, 5.74) is 1.48. The van der Waals surface area contributed by atoms with Crippen LogP contribution in [0, 0.1) is 0 Å². The van der Waals surface area contributed by atoms with Crippen molar-refractivity contribution >= 4 is 12.1 Å². The van der Waals surface area contributed by atoms with Gasteiger partial charge in [0.1, 0.15) is 11.6 Å². The van der Waals surface area contributed by atoms with Crippen LogP contribution in [0.2, 0.25) is 0 Å². The molecule has 2 N–H and O–H groups in total. The molecule has 1 aromatic rings. The molecule has 0 fully saturated rings. The molecule has 0 aliphatic rings. The molecular formula is C21H33NO4. The number of unbranched alkanes of at least 4 members (excludes halogenated alkanes) is 4. The highest BCUT2D eigenvalue weighted by Crippen LogP contribution is 2.12. The first-order chi connectivity index (χ1) is 12.2. The molecule has 5 heteroatoms.